The number of nitrogen functional groups attached to an aromatic ring is 1. The van der Waals surface area contributed by atoms with Crippen LogP contribution in [0, 0.1) is 0 Å². The van der Waals surface area contributed by atoms with E-state index < -0.39 is 11.9 Å². The number of aromatic carboxylic acids is 1. The first-order valence-electron chi connectivity index (χ1n) is 5.08. The van der Waals surface area contributed by atoms with Crippen LogP contribution in [0.25, 0.3) is 0 Å². The van der Waals surface area contributed by atoms with E-state index in [1.54, 1.807) is 13.0 Å². The summed E-state index contributed by atoms with van der Waals surface area (Å²) in [6.45, 7) is 1.78. The zero-order chi connectivity index (χ0) is 13.0. The van der Waals surface area contributed by atoms with Gasteiger partial charge in [-0.1, -0.05) is 0 Å². The highest BCUT2D eigenvalue weighted by Gasteiger charge is 2.10. The molecule has 1 unspecified atom stereocenters. The molecule has 92 valence electrons. The average Bonchev–Trinajstić information content (AvgIpc) is 2.19. The van der Waals surface area contributed by atoms with E-state index in [-0.39, 0.29) is 23.7 Å². The Hall–Kier alpha value is -2.24. The lowest BCUT2D eigenvalue weighted by Crippen LogP contribution is -2.24. The topological polar surface area (TPSA) is 118 Å². The molecule has 1 aromatic carbocycles. The van der Waals surface area contributed by atoms with Crippen LogP contribution < -0.4 is 16.8 Å². The molecule has 17 heavy (non-hydrogen) atoms. The van der Waals surface area contributed by atoms with Crippen LogP contribution in [0.2, 0.25) is 0 Å². The van der Waals surface area contributed by atoms with E-state index >= 15 is 0 Å². The van der Waals surface area contributed by atoms with Gasteiger partial charge in [-0.05, 0) is 25.1 Å². The number of anilines is 2. The maximum absolute atomic E-state index is 10.9. The van der Waals surface area contributed by atoms with Gasteiger partial charge in [-0.3, -0.25) is 4.79 Å². The van der Waals surface area contributed by atoms with Crippen LogP contribution in [-0.2, 0) is 4.79 Å². The van der Waals surface area contributed by atoms with Gasteiger partial charge in [0.2, 0.25) is 5.91 Å². The molecule has 6 heteroatoms. The van der Waals surface area contributed by atoms with Crippen LogP contribution in [0.4, 0.5) is 11.4 Å². The molecule has 0 saturated heterocycles. The van der Waals surface area contributed by atoms with Gasteiger partial charge in [0.1, 0.15) is 0 Å². The van der Waals surface area contributed by atoms with E-state index in [0.717, 1.165) is 0 Å². The molecule has 0 bridgehead atoms. The fourth-order valence-electron chi connectivity index (χ4n) is 1.47. The zero-order valence-electron chi connectivity index (χ0n) is 9.43. The second kappa shape index (κ2) is 5.20. The molecular formula is C11H15N3O3. The Morgan fingerprint density at radius 3 is 2.65 bits per heavy atom. The summed E-state index contributed by atoms with van der Waals surface area (Å²) < 4.78 is 0. The summed E-state index contributed by atoms with van der Waals surface area (Å²) in [7, 11) is 0. The van der Waals surface area contributed by atoms with Gasteiger partial charge in [-0.15, -0.1) is 0 Å². The summed E-state index contributed by atoms with van der Waals surface area (Å²) in [5, 5.41) is 11.9. The van der Waals surface area contributed by atoms with Crippen molar-refractivity contribution < 1.29 is 14.7 Å². The van der Waals surface area contributed by atoms with Crippen LogP contribution in [-0.4, -0.2) is 23.0 Å². The summed E-state index contributed by atoms with van der Waals surface area (Å²) in [5.74, 6) is -1.51. The molecule has 1 amide bonds. The van der Waals surface area contributed by atoms with Crippen molar-refractivity contribution in [1.29, 1.82) is 0 Å². The van der Waals surface area contributed by atoms with E-state index in [1.807, 2.05) is 0 Å². The number of carboxylic acid groups (broad SMARTS) is 1. The van der Waals surface area contributed by atoms with Crippen molar-refractivity contribution in [2.45, 2.75) is 19.4 Å². The van der Waals surface area contributed by atoms with Gasteiger partial charge in [-0.25, -0.2) is 4.79 Å². The molecule has 0 aromatic heterocycles. The molecular weight excluding hydrogens is 222 g/mol. The minimum Gasteiger partial charge on any atom is -0.478 e. The highest BCUT2D eigenvalue weighted by atomic mass is 16.4. The Balaban J connectivity index is 2.82. The van der Waals surface area contributed by atoms with Crippen molar-refractivity contribution in [3.8, 4) is 0 Å². The number of hydrogen-bond acceptors (Lipinski definition) is 4. The second-order valence-corrected chi connectivity index (χ2v) is 3.82. The molecule has 0 fully saturated rings. The number of amides is 1. The third-order valence-corrected chi connectivity index (χ3v) is 2.20. The normalized spacial score (nSPS) is 11.8. The Morgan fingerprint density at radius 1 is 1.47 bits per heavy atom. The minimum atomic E-state index is -1.09. The van der Waals surface area contributed by atoms with Crippen LogP contribution >= 0.6 is 0 Å². The summed E-state index contributed by atoms with van der Waals surface area (Å²) in [4.78, 5) is 21.6. The van der Waals surface area contributed by atoms with Crippen LogP contribution in [0.3, 0.4) is 0 Å². The number of nitrogens with two attached hydrogens (primary N) is 2. The predicted octanol–water partition coefficient (Wildman–Crippen LogP) is 0.643. The van der Waals surface area contributed by atoms with Crippen molar-refractivity contribution in [3.63, 3.8) is 0 Å². The van der Waals surface area contributed by atoms with E-state index in [9.17, 15) is 9.59 Å². The number of benzene rings is 1. The molecule has 0 aliphatic heterocycles. The molecule has 1 atom stereocenters. The van der Waals surface area contributed by atoms with Gasteiger partial charge in [-0.2, -0.15) is 0 Å². The molecule has 0 aliphatic carbocycles. The highest BCUT2D eigenvalue weighted by molar-refractivity contribution is 5.94. The quantitative estimate of drug-likeness (QED) is 0.560. The minimum absolute atomic E-state index is 0.0290. The van der Waals surface area contributed by atoms with E-state index in [0.29, 0.717) is 5.69 Å². The van der Waals surface area contributed by atoms with E-state index in [4.69, 9.17) is 16.6 Å². The van der Waals surface area contributed by atoms with Crippen molar-refractivity contribution in [1.82, 2.24) is 0 Å². The summed E-state index contributed by atoms with van der Waals surface area (Å²) >= 11 is 0. The second-order valence-electron chi connectivity index (χ2n) is 3.82. The number of carbonyl (C=O) groups is 2. The molecule has 0 saturated carbocycles. The molecule has 0 spiro atoms. The van der Waals surface area contributed by atoms with Gasteiger partial charge in [0.05, 0.1) is 5.56 Å². The van der Waals surface area contributed by atoms with Gasteiger partial charge in [0, 0.05) is 23.8 Å². The molecule has 1 rings (SSSR count). The first kappa shape index (κ1) is 12.8. The largest absolute Gasteiger partial charge is 0.478 e. The predicted molar refractivity (Wildman–Crippen MR) is 64.7 cm³/mol. The van der Waals surface area contributed by atoms with Crippen LogP contribution in [0.5, 0.6) is 0 Å². The third kappa shape index (κ3) is 3.67. The Kier molecular flexibility index (Phi) is 3.92. The van der Waals surface area contributed by atoms with Crippen molar-refractivity contribution in [2.75, 3.05) is 11.1 Å². The van der Waals surface area contributed by atoms with E-state index in [2.05, 4.69) is 5.32 Å². The van der Waals surface area contributed by atoms with Gasteiger partial charge < -0.3 is 21.9 Å². The van der Waals surface area contributed by atoms with Crippen molar-refractivity contribution in [3.05, 3.63) is 23.8 Å². The summed E-state index contributed by atoms with van der Waals surface area (Å²) in [6.07, 6.45) is 0.173. The Labute approximate surface area is 98.6 Å². The van der Waals surface area contributed by atoms with E-state index in [1.165, 1.54) is 12.1 Å². The first-order chi connectivity index (χ1) is 7.90. The Bertz CT molecular complexity index is 446. The fourth-order valence-corrected chi connectivity index (χ4v) is 1.47. The fraction of sp³-hybridized carbons (Fsp3) is 0.273. The zero-order valence-corrected chi connectivity index (χ0v) is 9.43. The number of rotatable bonds is 5. The average molecular weight is 237 g/mol. The SMILES string of the molecule is CC(CC(N)=O)Nc1ccc(N)c(C(=O)O)c1. The lowest BCUT2D eigenvalue weighted by atomic mass is 10.1. The number of carboxylic acids is 1. The molecule has 1 aromatic rings. The highest BCUT2D eigenvalue weighted by Crippen LogP contribution is 2.18. The monoisotopic (exact) mass is 237 g/mol. The number of primary amides is 1. The third-order valence-electron chi connectivity index (χ3n) is 2.20. The number of nitrogens with one attached hydrogen (secondary N) is 1. The van der Waals surface area contributed by atoms with Crippen molar-refractivity contribution in [2.24, 2.45) is 5.73 Å². The first-order valence-corrected chi connectivity index (χ1v) is 5.08. The molecule has 6 N–H and O–H groups in total. The molecule has 0 heterocycles. The maximum atomic E-state index is 10.9. The Morgan fingerprint density at radius 2 is 2.12 bits per heavy atom. The molecule has 0 radical (unpaired) electrons. The van der Waals surface area contributed by atoms with Crippen LogP contribution in [0.15, 0.2) is 18.2 Å². The summed E-state index contributed by atoms with van der Waals surface area (Å²) in [5.41, 5.74) is 11.4. The maximum Gasteiger partial charge on any atom is 0.337 e. The molecule has 0 aliphatic rings. The summed E-state index contributed by atoms with van der Waals surface area (Å²) in [6, 6.07) is 4.41. The molecule has 6 nitrogen and oxygen atoms in total. The lowest BCUT2D eigenvalue weighted by Gasteiger charge is -2.14. The van der Waals surface area contributed by atoms with Gasteiger partial charge in [0.25, 0.3) is 0 Å². The number of carbonyl (C=O) groups excluding carboxylic acids is 1. The van der Waals surface area contributed by atoms with Gasteiger partial charge in [0.15, 0.2) is 0 Å². The van der Waals surface area contributed by atoms with Crippen molar-refractivity contribution >= 4 is 23.3 Å². The standard InChI is InChI=1S/C11H15N3O3/c1-6(4-10(13)15)14-7-2-3-9(12)8(5-7)11(16)17/h2-3,5-6,14H,4,12H2,1H3,(H2,13,15)(H,16,17). The van der Waals surface area contributed by atoms with Crippen LogP contribution in [0.1, 0.15) is 23.7 Å². The lowest BCUT2D eigenvalue weighted by molar-refractivity contribution is -0.118. The van der Waals surface area contributed by atoms with Gasteiger partial charge >= 0.3 is 5.97 Å². The number of hydrogen-bond donors (Lipinski definition) is 4. The smallest absolute Gasteiger partial charge is 0.337 e.